The van der Waals surface area contributed by atoms with Crippen LogP contribution in [0.4, 0.5) is 10.2 Å². The van der Waals surface area contributed by atoms with Gasteiger partial charge in [-0.25, -0.2) is 22.9 Å². The average Bonchev–Trinajstić information content (AvgIpc) is 3.02. The summed E-state index contributed by atoms with van der Waals surface area (Å²) in [6.45, 7) is 0. The van der Waals surface area contributed by atoms with Crippen LogP contribution in [-0.2, 0) is 31.6 Å². The molecule has 2 fully saturated rings. The van der Waals surface area contributed by atoms with E-state index in [4.69, 9.17) is 26.1 Å². The number of hydrogen-bond acceptors (Lipinski definition) is 11. The van der Waals surface area contributed by atoms with E-state index in [9.17, 15) is 33.4 Å². The Morgan fingerprint density at radius 1 is 1.28 bits per heavy atom. The van der Waals surface area contributed by atoms with Crippen LogP contribution in [0, 0.1) is 0 Å². The number of aliphatic hydroxyl groups is 1. The predicted octanol–water partition coefficient (Wildman–Crippen LogP) is -0.414. The predicted molar refractivity (Wildman–Crippen MR) is 100 cm³/mol. The van der Waals surface area contributed by atoms with Crippen molar-refractivity contribution >= 4 is 40.9 Å². The molecule has 1 aliphatic heterocycles. The first-order valence-electron chi connectivity index (χ1n) is 8.21. The van der Waals surface area contributed by atoms with Gasteiger partial charge in [-0.1, -0.05) is 0 Å². The number of nitrogens with zero attached hydrogens (tertiary/aromatic N) is 2. The molecule has 2 aliphatic rings. The largest absolute Gasteiger partial charge is 0.490 e. The summed E-state index contributed by atoms with van der Waals surface area (Å²) in [5, 5.41) is 13.3. The smallest absolute Gasteiger partial charge is 0.381 e. The molecule has 7 atom stereocenters. The zero-order valence-corrected chi connectivity index (χ0v) is 19.0. The van der Waals surface area contributed by atoms with Crippen molar-refractivity contribution in [3.63, 3.8) is 0 Å². The van der Waals surface area contributed by atoms with Crippen molar-refractivity contribution in [2.45, 2.75) is 29.7 Å². The standard InChI is InChI=1S/C11H16ClFN3O13P3/c1-14-5-2-3-16(9(17)15-5)7-6(13)11(18)8(10(11,4-12)26-7)27-31(22,23)29-32(24,25)28-30(19,20)21/h2-3,6-8,18H,4H2,1H3,(H,22,23)(H,24,25)(H,14,15,17)(H2,19,20,21)/t6-,7+,8?,10+,11+/m0/s1. The third-order valence-electron chi connectivity index (χ3n) is 4.63. The second-order valence-electron chi connectivity index (χ2n) is 6.59. The Kier molecular flexibility index (Phi) is 6.60. The summed E-state index contributed by atoms with van der Waals surface area (Å²) in [6.07, 6.45) is -5.19. The number of nitrogens with one attached hydrogen (secondary N) is 1. The molecule has 1 aliphatic carbocycles. The number of phosphoric acid groups is 3. The quantitative estimate of drug-likeness (QED) is 0.171. The Morgan fingerprint density at radius 2 is 1.91 bits per heavy atom. The normalized spacial score (nSPS) is 35.6. The van der Waals surface area contributed by atoms with E-state index >= 15 is 4.39 Å². The van der Waals surface area contributed by atoms with Crippen LogP contribution >= 0.6 is 35.1 Å². The topological polar surface area (TPSA) is 236 Å². The highest BCUT2D eigenvalue weighted by atomic mass is 35.5. The molecule has 16 nitrogen and oxygen atoms in total. The van der Waals surface area contributed by atoms with Crippen molar-refractivity contribution in [3.8, 4) is 0 Å². The van der Waals surface area contributed by atoms with Crippen LogP contribution in [-0.4, -0.2) is 70.6 Å². The van der Waals surface area contributed by atoms with Crippen molar-refractivity contribution < 1.29 is 60.6 Å². The van der Waals surface area contributed by atoms with Gasteiger partial charge >= 0.3 is 29.2 Å². The van der Waals surface area contributed by atoms with Crippen LogP contribution in [0.2, 0.25) is 0 Å². The third kappa shape index (κ3) is 4.46. The molecule has 1 aromatic heterocycles. The van der Waals surface area contributed by atoms with Gasteiger partial charge in [0.15, 0.2) is 18.0 Å². The molecule has 0 aromatic carbocycles. The van der Waals surface area contributed by atoms with Crippen molar-refractivity contribution in [2.75, 3.05) is 18.2 Å². The lowest BCUT2D eigenvalue weighted by Crippen LogP contribution is -2.38. The fourth-order valence-corrected chi connectivity index (χ4v) is 6.93. The first-order valence-corrected chi connectivity index (χ1v) is 13.3. The molecule has 3 rings (SSSR count). The second kappa shape index (κ2) is 8.17. The lowest BCUT2D eigenvalue weighted by molar-refractivity contribution is -0.0851. The van der Waals surface area contributed by atoms with E-state index in [-0.39, 0.29) is 5.82 Å². The van der Waals surface area contributed by atoms with Crippen LogP contribution in [0.15, 0.2) is 17.1 Å². The number of fused-ring (bicyclic) bond motifs is 1. The molecule has 0 amide bonds. The summed E-state index contributed by atoms with van der Waals surface area (Å²) in [7, 11) is -15.7. The summed E-state index contributed by atoms with van der Waals surface area (Å²) < 4.78 is 66.9. The highest BCUT2D eigenvalue weighted by Crippen LogP contribution is 2.72. The van der Waals surface area contributed by atoms with Crippen molar-refractivity contribution in [1.82, 2.24) is 9.55 Å². The van der Waals surface area contributed by atoms with Crippen molar-refractivity contribution in [3.05, 3.63) is 22.7 Å². The Bertz CT molecular complexity index is 1110. The molecule has 2 heterocycles. The lowest BCUT2D eigenvalue weighted by atomic mass is 10.1. The second-order valence-corrected chi connectivity index (χ2v) is 11.2. The summed E-state index contributed by atoms with van der Waals surface area (Å²) in [4.78, 5) is 51.6. The van der Waals surface area contributed by atoms with Crippen LogP contribution in [0.25, 0.3) is 0 Å². The summed E-state index contributed by atoms with van der Waals surface area (Å²) in [5.41, 5.74) is -5.89. The van der Waals surface area contributed by atoms with Gasteiger partial charge in [0.25, 0.3) is 0 Å². The minimum atomic E-state index is -5.85. The first-order chi connectivity index (χ1) is 14.5. The van der Waals surface area contributed by atoms with Gasteiger partial charge in [-0.15, -0.1) is 11.6 Å². The van der Waals surface area contributed by atoms with Gasteiger partial charge in [-0.3, -0.25) is 9.09 Å². The van der Waals surface area contributed by atoms with Gasteiger partial charge in [0.1, 0.15) is 17.5 Å². The number of aromatic nitrogens is 2. The van der Waals surface area contributed by atoms with Gasteiger partial charge in [-0.2, -0.15) is 13.6 Å². The molecule has 0 bridgehead atoms. The highest BCUT2D eigenvalue weighted by molar-refractivity contribution is 7.66. The maximum atomic E-state index is 15.1. The molecule has 1 aromatic rings. The monoisotopic (exact) mass is 545 g/mol. The number of hydrogen-bond donors (Lipinski definition) is 6. The highest BCUT2D eigenvalue weighted by Gasteiger charge is 2.90. The number of alkyl halides is 2. The van der Waals surface area contributed by atoms with Crippen molar-refractivity contribution in [1.29, 1.82) is 0 Å². The van der Waals surface area contributed by atoms with Crippen LogP contribution in [0.1, 0.15) is 6.23 Å². The van der Waals surface area contributed by atoms with Gasteiger partial charge in [0, 0.05) is 13.2 Å². The number of rotatable bonds is 9. The van der Waals surface area contributed by atoms with Gasteiger partial charge in [-0.05, 0) is 6.07 Å². The summed E-state index contributed by atoms with van der Waals surface area (Å²) in [6, 6.07) is 1.29. The lowest BCUT2D eigenvalue weighted by Gasteiger charge is -2.24. The summed E-state index contributed by atoms with van der Waals surface area (Å²) in [5.74, 6) is -0.585. The molecule has 21 heteroatoms. The number of halogens is 2. The molecule has 0 radical (unpaired) electrons. The van der Waals surface area contributed by atoms with E-state index < -0.39 is 64.7 Å². The zero-order valence-electron chi connectivity index (χ0n) is 15.6. The molecule has 1 saturated heterocycles. The van der Waals surface area contributed by atoms with Gasteiger partial charge in [0.05, 0.1) is 5.88 Å². The van der Waals surface area contributed by atoms with Gasteiger partial charge < -0.3 is 34.7 Å². The average molecular weight is 546 g/mol. The Labute approximate surface area is 182 Å². The third-order valence-corrected chi connectivity index (χ3v) is 8.83. The number of anilines is 1. The molecule has 32 heavy (non-hydrogen) atoms. The number of ether oxygens (including phenoxy) is 1. The van der Waals surface area contributed by atoms with Crippen LogP contribution in [0.3, 0.4) is 0 Å². The van der Waals surface area contributed by atoms with E-state index in [1.54, 1.807) is 0 Å². The van der Waals surface area contributed by atoms with E-state index in [2.05, 4.69) is 23.4 Å². The molecular weight excluding hydrogens is 530 g/mol. The molecule has 3 unspecified atom stereocenters. The molecule has 1 saturated carbocycles. The maximum Gasteiger partial charge on any atom is 0.490 e. The van der Waals surface area contributed by atoms with E-state index in [0.717, 1.165) is 6.20 Å². The molecule has 0 spiro atoms. The molecule has 6 N–H and O–H groups in total. The van der Waals surface area contributed by atoms with Crippen molar-refractivity contribution in [2.24, 2.45) is 0 Å². The zero-order chi connectivity index (χ0) is 24.3. The maximum absolute atomic E-state index is 15.1. The SMILES string of the molecule is CNc1ccn([C@@H]2O[C@]3(CCl)C(OP(=O)(O)OP(=O)(O)OP(=O)(O)O)[C@]3(O)[C@H]2F)c(=O)n1. The molecular formula is C11H16ClFN3O13P3. The fourth-order valence-electron chi connectivity index (χ4n) is 3.26. The van der Waals surface area contributed by atoms with Gasteiger partial charge in [0.2, 0.25) is 0 Å². The van der Waals surface area contributed by atoms with E-state index in [0.29, 0.717) is 4.57 Å². The Hall–Kier alpha value is -0.770. The fraction of sp³-hybridized carbons (Fsp3) is 0.636. The Morgan fingerprint density at radius 3 is 2.38 bits per heavy atom. The van der Waals surface area contributed by atoms with E-state index in [1.165, 1.54) is 13.1 Å². The Balaban J connectivity index is 1.81. The van der Waals surface area contributed by atoms with Crippen LogP contribution < -0.4 is 11.0 Å². The minimum absolute atomic E-state index is 0.154. The minimum Gasteiger partial charge on any atom is -0.381 e. The summed E-state index contributed by atoms with van der Waals surface area (Å²) >= 11 is 5.74. The molecule has 182 valence electrons. The van der Waals surface area contributed by atoms with E-state index in [1.807, 2.05) is 0 Å². The van der Waals surface area contributed by atoms with Crippen LogP contribution in [0.5, 0.6) is 0 Å². The number of phosphoric ester groups is 1. The first kappa shape index (κ1) is 25.8.